The summed E-state index contributed by atoms with van der Waals surface area (Å²) >= 11 is 0. The largest absolute Gasteiger partial charge is 0.313 e. The van der Waals surface area contributed by atoms with Crippen molar-refractivity contribution >= 4 is 10.0 Å². The van der Waals surface area contributed by atoms with Gasteiger partial charge in [0, 0.05) is 25.2 Å². The molecule has 0 spiro atoms. The highest BCUT2D eigenvalue weighted by Gasteiger charge is 2.23. The molecule has 0 radical (unpaired) electrons. The van der Waals surface area contributed by atoms with Crippen molar-refractivity contribution in [3.63, 3.8) is 0 Å². The number of likely N-dealkylation sites (N-methyl/N-ethyl adjacent to an activating group) is 1. The number of nitrogens with one attached hydrogen (secondary N) is 2. The van der Waals surface area contributed by atoms with E-state index in [2.05, 4.69) is 10.0 Å². The SMILES string of the molecule is CC(C)C(CN(C)C)NS(=O)(=O)CCNC1CC1. The minimum atomic E-state index is -3.18. The molecule has 1 fully saturated rings. The lowest BCUT2D eigenvalue weighted by atomic mass is 10.1. The standard InChI is InChI=1S/C12H27N3O2S/c1-10(2)12(9-15(3)4)14-18(16,17)8-7-13-11-5-6-11/h10-14H,5-9H2,1-4H3. The number of sulfonamides is 1. The molecule has 1 unspecified atom stereocenters. The summed E-state index contributed by atoms with van der Waals surface area (Å²) in [5, 5.41) is 3.23. The van der Waals surface area contributed by atoms with Gasteiger partial charge in [-0.3, -0.25) is 0 Å². The zero-order chi connectivity index (χ0) is 13.8. The molecule has 0 aromatic carbocycles. The summed E-state index contributed by atoms with van der Waals surface area (Å²) in [6.07, 6.45) is 2.37. The van der Waals surface area contributed by atoms with Crippen molar-refractivity contribution in [1.29, 1.82) is 0 Å². The summed E-state index contributed by atoms with van der Waals surface area (Å²) in [6, 6.07) is 0.536. The predicted molar refractivity (Wildman–Crippen MR) is 75.1 cm³/mol. The Kier molecular flexibility index (Phi) is 6.04. The minimum Gasteiger partial charge on any atom is -0.313 e. The maximum absolute atomic E-state index is 12.0. The highest BCUT2D eigenvalue weighted by molar-refractivity contribution is 7.89. The summed E-state index contributed by atoms with van der Waals surface area (Å²) in [5.74, 6) is 0.457. The van der Waals surface area contributed by atoms with Crippen LogP contribution in [0, 0.1) is 5.92 Å². The van der Waals surface area contributed by atoms with E-state index in [1.807, 2.05) is 32.8 Å². The average molecular weight is 277 g/mol. The lowest BCUT2D eigenvalue weighted by Crippen LogP contribution is -2.46. The third-order valence-corrected chi connectivity index (χ3v) is 4.48. The van der Waals surface area contributed by atoms with E-state index in [0.717, 1.165) is 6.54 Å². The Bertz CT molecular complexity index is 337. The van der Waals surface area contributed by atoms with Gasteiger partial charge in [0.05, 0.1) is 5.75 Å². The van der Waals surface area contributed by atoms with Crippen molar-refractivity contribution in [3.8, 4) is 0 Å². The normalized spacial score (nSPS) is 18.6. The van der Waals surface area contributed by atoms with Crippen molar-refractivity contribution < 1.29 is 8.42 Å². The summed E-state index contributed by atoms with van der Waals surface area (Å²) in [5.41, 5.74) is 0. The highest BCUT2D eigenvalue weighted by atomic mass is 32.2. The molecule has 0 aromatic heterocycles. The fourth-order valence-electron chi connectivity index (χ4n) is 1.75. The van der Waals surface area contributed by atoms with Gasteiger partial charge in [0.25, 0.3) is 0 Å². The third-order valence-electron chi connectivity index (χ3n) is 3.08. The summed E-state index contributed by atoms with van der Waals surface area (Å²) in [7, 11) is 0.735. The Hall–Kier alpha value is -0.170. The Labute approximate surface area is 111 Å². The van der Waals surface area contributed by atoms with Gasteiger partial charge in [-0.2, -0.15) is 0 Å². The predicted octanol–water partition coefficient (Wildman–Crippen LogP) is 0.244. The van der Waals surface area contributed by atoms with Crippen LogP contribution < -0.4 is 10.0 Å². The molecule has 0 aromatic rings. The van der Waals surface area contributed by atoms with E-state index in [1.165, 1.54) is 12.8 Å². The van der Waals surface area contributed by atoms with E-state index in [-0.39, 0.29) is 11.8 Å². The second-order valence-corrected chi connectivity index (χ2v) is 7.65. The topological polar surface area (TPSA) is 61.4 Å². The van der Waals surface area contributed by atoms with Crippen molar-refractivity contribution in [2.75, 3.05) is 32.9 Å². The molecule has 1 aliphatic rings. The van der Waals surface area contributed by atoms with Crippen molar-refractivity contribution in [2.24, 2.45) is 5.92 Å². The molecular weight excluding hydrogens is 250 g/mol. The molecule has 18 heavy (non-hydrogen) atoms. The van der Waals surface area contributed by atoms with Gasteiger partial charge >= 0.3 is 0 Å². The number of rotatable bonds is 9. The molecule has 1 atom stereocenters. The molecule has 6 heteroatoms. The Morgan fingerprint density at radius 3 is 2.33 bits per heavy atom. The molecule has 1 aliphatic carbocycles. The van der Waals surface area contributed by atoms with E-state index in [9.17, 15) is 8.42 Å². The molecular formula is C12H27N3O2S. The van der Waals surface area contributed by atoms with Crippen LogP contribution in [0.1, 0.15) is 26.7 Å². The van der Waals surface area contributed by atoms with Gasteiger partial charge < -0.3 is 10.2 Å². The van der Waals surface area contributed by atoms with Crippen LogP contribution in [0.4, 0.5) is 0 Å². The van der Waals surface area contributed by atoms with Crippen LogP contribution in [0.15, 0.2) is 0 Å². The van der Waals surface area contributed by atoms with Crippen molar-refractivity contribution in [2.45, 2.75) is 38.8 Å². The second kappa shape index (κ2) is 6.84. The summed E-state index contributed by atoms with van der Waals surface area (Å²) in [4.78, 5) is 2.01. The van der Waals surface area contributed by atoms with Gasteiger partial charge in [-0.05, 0) is 32.9 Å². The molecule has 0 saturated heterocycles. The average Bonchev–Trinajstić information content (AvgIpc) is 2.99. The minimum absolute atomic E-state index is 0.0223. The summed E-state index contributed by atoms with van der Waals surface area (Å²) < 4.78 is 26.7. The fraction of sp³-hybridized carbons (Fsp3) is 1.00. The molecule has 0 bridgehead atoms. The van der Waals surface area contributed by atoms with E-state index in [0.29, 0.717) is 18.5 Å². The molecule has 1 rings (SSSR count). The third kappa shape index (κ3) is 6.68. The van der Waals surface area contributed by atoms with Gasteiger partial charge in [-0.1, -0.05) is 13.8 Å². The van der Waals surface area contributed by atoms with Crippen LogP contribution in [0.2, 0.25) is 0 Å². The first-order valence-corrected chi connectivity index (χ1v) is 8.33. The molecule has 2 N–H and O–H groups in total. The molecule has 108 valence electrons. The van der Waals surface area contributed by atoms with Gasteiger partial charge in [0.1, 0.15) is 0 Å². The van der Waals surface area contributed by atoms with E-state index in [1.54, 1.807) is 0 Å². The number of hydrogen-bond donors (Lipinski definition) is 2. The maximum atomic E-state index is 12.0. The molecule has 0 amide bonds. The monoisotopic (exact) mass is 277 g/mol. The van der Waals surface area contributed by atoms with Gasteiger partial charge in [0.2, 0.25) is 10.0 Å². The Morgan fingerprint density at radius 1 is 1.28 bits per heavy atom. The zero-order valence-corrected chi connectivity index (χ0v) is 12.8. The molecule has 0 heterocycles. The molecule has 0 aliphatic heterocycles. The first kappa shape index (κ1) is 15.9. The Morgan fingerprint density at radius 2 is 1.89 bits per heavy atom. The molecule has 1 saturated carbocycles. The Balaban J connectivity index is 2.38. The van der Waals surface area contributed by atoms with E-state index >= 15 is 0 Å². The van der Waals surface area contributed by atoms with Crippen molar-refractivity contribution in [3.05, 3.63) is 0 Å². The fourth-order valence-corrected chi connectivity index (χ4v) is 3.06. The zero-order valence-electron chi connectivity index (χ0n) is 11.9. The van der Waals surface area contributed by atoms with E-state index < -0.39 is 10.0 Å². The van der Waals surface area contributed by atoms with Gasteiger partial charge in [0.15, 0.2) is 0 Å². The van der Waals surface area contributed by atoms with Crippen LogP contribution in [0.25, 0.3) is 0 Å². The first-order valence-electron chi connectivity index (χ1n) is 6.68. The van der Waals surface area contributed by atoms with Crippen LogP contribution in [-0.4, -0.2) is 58.3 Å². The maximum Gasteiger partial charge on any atom is 0.213 e. The van der Waals surface area contributed by atoms with Crippen LogP contribution >= 0.6 is 0 Å². The lowest BCUT2D eigenvalue weighted by Gasteiger charge is -2.25. The van der Waals surface area contributed by atoms with Crippen LogP contribution in [0.3, 0.4) is 0 Å². The first-order chi connectivity index (χ1) is 8.30. The van der Waals surface area contributed by atoms with E-state index in [4.69, 9.17) is 0 Å². The molecule has 5 nitrogen and oxygen atoms in total. The number of nitrogens with zero attached hydrogens (tertiary/aromatic N) is 1. The smallest absolute Gasteiger partial charge is 0.213 e. The quantitative estimate of drug-likeness (QED) is 0.634. The highest BCUT2D eigenvalue weighted by Crippen LogP contribution is 2.18. The summed E-state index contributed by atoms with van der Waals surface area (Å²) in [6.45, 7) is 5.36. The van der Waals surface area contributed by atoms with Gasteiger partial charge in [-0.25, -0.2) is 13.1 Å². The van der Waals surface area contributed by atoms with Crippen molar-refractivity contribution in [1.82, 2.24) is 14.9 Å². The van der Waals surface area contributed by atoms with Crippen LogP contribution in [0.5, 0.6) is 0 Å². The lowest BCUT2D eigenvalue weighted by molar-refractivity contribution is 0.314. The number of hydrogen-bond acceptors (Lipinski definition) is 4. The van der Waals surface area contributed by atoms with Gasteiger partial charge in [-0.15, -0.1) is 0 Å². The van der Waals surface area contributed by atoms with Crippen LogP contribution in [-0.2, 0) is 10.0 Å². The second-order valence-electron chi connectivity index (χ2n) is 5.78.